The Morgan fingerprint density at radius 2 is 2.12 bits per heavy atom. The molecule has 0 aliphatic heterocycles. The van der Waals surface area contributed by atoms with Crippen LogP contribution in [0.3, 0.4) is 0 Å². The van der Waals surface area contributed by atoms with E-state index in [0.717, 1.165) is 18.6 Å². The first-order valence-corrected chi connectivity index (χ1v) is 7.35. The fraction of sp³-hybridized carbons (Fsp3) is 0.769. The van der Waals surface area contributed by atoms with Crippen molar-refractivity contribution in [2.75, 3.05) is 14.1 Å². The smallest absolute Gasteiger partial charge is 0.0897 e. The zero-order valence-electron chi connectivity index (χ0n) is 11.1. The summed E-state index contributed by atoms with van der Waals surface area (Å²) in [4.78, 5) is 7.01. The molecule has 1 N–H and O–H groups in total. The monoisotopic (exact) mass is 253 g/mol. The van der Waals surface area contributed by atoms with E-state index in [2.05, 4.69) is 41.6 Å². The lowest BCUT2D eigenvalue weighted by atomic mass is 9.90. The molecule has 1 aromatic rings. The molecule has 1 aliphatic rings. The van der Waals surface area contributed by atoms with Crippen LogP contribution in [0.15, 0.2) is 5.38 Å². The van der Waals surface area contributed by atoms with Crippen LogP contribution >= 0.6 is 11.3 Å². The van der Waals surface area contributed by atoms with E-state index in [1.54, 1.807) is 11.3 Å². The molecule has 0 saturated heterocycles. The molecule has 1 aliphatic carbocycles. The van der Waals surface area contributed by atoms with Gasteiger partial charge in [-0.15, -0.1) is 11.3 Å². The van der Waals surface area contributed by atoms with E-state index in [1.807, 2.05) is 0 Å². The van der Waals surface area contributed by atoms with Crippen molar-refractivity contribution in [2.45, 2.75) is 51.2 Å². The lowest BCUT2D eigenvalue weighted by Gasteiger charge is -2.34. The van der Waals surface area contributed by atoms with Gasteiger partial charge in [0.15, 0.2) is 0 Å². The average Bonchev–Trinajstić information content (AvgIpc) is 2.75. The van der Waals surface area contributed by atoms with Crippen LogP contribution in [-0.4, -0.2) is 36.1 Å². The quantitative estimate of drug-likeness (QED) is 0.893. The molecule has 4 heteroatoms. The second kappa shape index (κ2) is 5.94. The summed E-state index contributed by atoms with van der Waals surface area (Å²) >= 11 is 1.75. The first-order chi connectivity index (χ1) is 8.19. The minimum atomic E-state index is 0.737. The molecular weight excluding hydrogens is 230 g/mol. The molecule has 1 saturated carbocycles. The normalized spacial score (nSPS) is 25.4. The lowest BCUT2D eigenvalue weighted by Crippen LogP contribution is -2.39. The Labute approximate surface area is 108 Å². The minimum absolute atomic E-state index is 0.737. The van der Waals surface area contributed by atoms with Crippen molar-refractivity contribution in [2.24, 2.45) is 0 Å². The molecular formula is C13H23N3S. The van der Waals surface area contributed by atoms with E-state index in [-0.39, 0.29) is 0 Å². The Bertz CT molecular complexity index is 342. The number of rotatable bonds is 4. The first-order valence-electron chi connectivity index (χ1n) is 6.47. The zero-order valence-corrected chi connectivity index (χ0v) is 11.9. The van der Waals surface area contributed by atoms with Gasteiger partial charge in [0.05, 0.1) is 10.7 Å². The summed E-state index contributed by atoms with van der Waals surface area (Å²) < 4.78 is 0. The number of nitrogens with one attached hydrogen (secondary N) is 1. The molecule has 0 bridgehead atoms. The van der Waals surface area contributed by atoms with Crippen LogP contribution in [-0.2, 0) is 6.54 Å². The van der Waals surface area contributed by atoms with Gasteiger partial charge >= 0.3 is 0 Å². The fourth-order valence-electron chi connectivity index (χ4n) is 2.67. The molecule has 0 unspecified atom stereocenters. The molecule has 1 aromatic heterocycles. The van der Waals surface area contributed by atoms with Crippen LogP contribution in [0.4, 0.5) is 0 Å². The zero-order chi connectivity index (χ0) is 12.3. The molecule has 0 aromatic carbocycles. The summed E-state index contributed by atoms with van der Waals surface area (Å²) in [5.41, 5.74) is 1.23. The Kier molecular flexibility index (Phi) is 4.54. The molecule has 3 nitrogen and oxygen atoms in total. The summed E-state index contributed by atoms with van der Waals surface area (Å²) in [7, 11) is 4.31. The van der Waals surface area contributed by atoms with Crippen molar-refractivity contribution in [3.8, 4) is 0 Å². The molecule has 17 heavy (non-hydrogen) atoms. The third-order valence-corrected chi connectivity index (χ3v) is 4.63. The van der Waals surface area contributed by atoms with E-state index >= 15 is 0 Å². The average molecular weight is 253 g/mol. The maximum Gasteiger partial charge on any atom is 0.0897 e. The van der Waals surface area contributed by atoms with Crippen LogP contribution in [0, 0.1) is 6.92 Å². The molecule has 0 radical (unpaired) electrons. The Balaban J connectivity index is 1.82. The molecule has 0 spiro atoms. The second-order valence-corrected chi connectivity index (χ2v) is 6.13. The standard InChI is InChI=1S/C13H23N3S/c1-10-15-12(9-17-10)8-16(3)13-6-4-11(14-2)5-7-13/h9,11,13-14H,4-8H2,1-3H3. The number of aryl methyl sites for hydroxylation is 1. The fourth-order valence-corrected chi connectivity index (χ4v) is 3.27. The van der Waals surface area contributed by atoms with Crippen molar-refractivity contribution in [1.82, 2.24) is 15.2 Å². The highest BCUT2D eigenvalue weighted by molar-refractivity contribution is 7.09. The van der Waals surface area contributed by atoms with Crippen LogP contribution in [0.2, 0.25) is 0 Å². The maximum absolute atomic E-state index is 4.54. The topological polar surface area (TPSA) is 28.2 Å². The van der Waals surface area contributed by atoms with Crippen molar-refractivity contribution in [1.29, 1.82) is 0 Å². The maximum atomic E-state index is 4.54. The van der Waals surface area contributed by atoms with Gasteiger partial charge in [0.2, 0.25) is 0 Å². The molecule has 0 atom stereocenters. The predicted octanol–water partition coefficient (Wildman–Crippen LogP) is 2.41. The highest BCUT2D eigenvalue weighted by atomic mass is 32.1. The van der Waals surface area contributed by atoms with Crippen molar-refractivity contribution in [3.63, 3.8) is 0 Å². The van der Waals surface area contributed by atoms with E-state index in [9.17, 15) is 0 Å². The van der Waals surface area contributed by atoms with Crippen molar-refractivity contribution >= 4 is 11.3 Å². The Morgan fingerprint density at radius 1 is 1.41 bits per heavy atom. The van der Waals surface area contributed by atoms with Gasteiger partial charge in [-0.25, -0.2) is 4.98 Å². The highest BCUT2D eigenvalue weighted by Gasteiger charge is 2.23. The van der Waals surface area contributed by atoms with Crippen LogP contribution in [0.1, 0.15) is 36.4 Å². The number of aromatic nitrogens is 1. The van der Waals surface area contributed by atoms with Gasteiger partial charge in [0.25, 0.3) is 0 Å². The summed E-state index contributed by atoms with van der Waals surface area (Å²) in [5, 5.41) is 6.75. The van der Waals surface area contributed by atoms with E-state index in [0.29, 0.717) is 0 Å². The highest BCUT2D eigenvalue weighted by Crippen LogP contribution is 2.23. The van der Waals surface area contributed by atoms with Gasteiger partial charge in [-0.3, -0.25) is 4.90 Å². The van der Waals surface area contributed by atoms with E-state index < -0.39 is 0 Å². The summed E-state index contributed by atoms with van der Waals surface area (Å²) in [6, 6.07) is 1.47. The van der Waals surface area contributed by atoms with Gasteiger partial charge in [-0.1, -0.05) is 0 Å². The van der Waals surface area contributed by atoms with Gasteiger partial charge < -0.3 is 5.32 Å². The van der Waals surface area contributed by atoms with Crippen molar-refractivity contribution in [3.05, 3.63) is 16.1 Å². The van der Waals surface area contributed by atoms with Gasteiger partial charge in [0, 0.05) is 24.0 Å². The van der Waals surface area contributed by atoms with Crippen LogP contribution in [0.25, 0.3) is 0 Å². The Morgan fingerprint density at radius 3 is 2.65 bits per heavy atom. The third-order valence-electron chi connectivity index (χ3n) is 3.81. The number of hydrogen-bond donors (Lipinski definition) is 1. The van der Waals surface area contributed by atoms with Crippen LogP contribution < -0.4 is 5.32 Å². The second-order valence-electron chi connectivity index (χ2n) is 5.07. The number of nitrogens with zero attached hydrogens (tertiary/aromatic N) is 2. The largest absolute Gasteiger partial charge is 0.317 e. The SMILES string of the molecule is CNC1CCC(N(C)Cc2csc(C)n2)CC1. The molecule has 2 rings (SSSR count). The Hall–Kier alpha value is -0.450. The summed E-state index contributed by atoms with van der Waals surface area (Å²) in [6.45, 7) is 3.07. The third kappa shape index (κ3) is 3.50. The molecule has 1 fully saturated rings. The predicted molar refractivity (Wildman–Crippen MR) is 73.4 cm³/mol. The lowest BCUT2D eigenvalue weighted by molar-refractivity contribution is 0.168. The number of thiazole rings is 1. The summed E-state index contributed by atoms with van der Waals surface area (Å²) in [6.07, 6.45) is 5.24. The van der Waals surface area contributed by atoms with Crippen LogP contribution in [0.5, 0.6) is 0 Å². The van der Waals surface area contributed by atoms with Crippen molar-refractivity contribution < 1.29 is 0 Å². The van der Waals surface area contributed by atoms with E-state index in [1.165, 1.54) is 36.4 Å². The first kappa shape index (κ1) is 13.0. The van der Waals surface area contributed by atoms with Gasteiger partial charge in [-0.2, -0.15) is 0 Å². The number of hydrogen-bond acceptors (Lipinski definition) is 4. The minimum Gasteiger partial charge on any atom is -0.317 e. The van der Waals surface area contributed by atoms with Gasteiger partial charge in [-0.05, 0) is 46.7 Å². The molecule has 96 valence electrons. The molecule has 1 heterocycles. The van der Waals surface area contributed by atoms with Gasteiger partial charge in [0.1, 0.15) is 0 Å². The molecule has 0 amide bonds. The van der Waals surface area contributed by atoms with E-state index in [4.69, 9.17) is 0 Å². The summed E-state index contributed by atoms with van der Waals surface area (Å²) in [5.74, 6) is 0.